The lowest BCUT2D eigenvalue weighted by molar-refractivity contribution is 0.0459. The van der Waals surface area contributed by atoms with E-state index in [-0.39, 0.29) is 0 Å². The Labute approximate surface area is 121 Å². The third kappa shape index (κ3) is 2.56. The lowest BCUT2D eigenvalue weighted by Crippen LogP contribution is -2.37. The Morgan fingerprint density at radius 1 is 1.45 bits per heavy atom. The number of anilines is 2. The highest BCUT2D eigenvalue weighted by Crippen LogP contribution is 2.30. The van der Waals surface area contributed by atoms with Gasteiger partial charge in [0.05, 0.1) is 11.5 Å². The average Bonchev–Trinajstić information content (AvgIpc) is 2.95. The predicted octanol–water partition coefficient (Wildman–Crippen LogP) is 1.98. The van der Waals surface area contributed by atoms with Gasteiger partial charge in [0.2, 0.25) is 5.95 Å². The van der Waals surface area contributed by atoms with Crippen LogP contribution in [0.1, 0.15) is 19.8 Å². The summed E-state index contributed by atoms with van der Waals surface area (Å²) in [5, 5.41) is 3.14. The number of rotatable bonds is 4. The number of fused-ring (bicyclic) bond motifs is 1. The number of nitrogens with two attached hydrogens (primary N) is 1. The van der Waals surface area contributed by atoms with Crippen molar-refractivity contribution in [3.8, 4) is 0 Å². The predicted molar refractivity (Wildman–Crippen MR) is 82.1 cm³/mol. The lowest BCUT2D eigenvalue weighted by atomic mass is 10.1. The van der Waals surface area contributed by atoms with E-state index in [0.717, 1.165) is 48.6 Å². The molecule has 3 rings (SSSR count). The van der Waals surface area contributed by atoms with Crippen molar-refractivity contribution in [2.75, 3.05) is 30.0 Å². The Bertz CT molecular complexity index is 579. The molecule has 1 aliphatic heterocycles. The minimum Gasteiger partial charge on any atom is -0.378 e. The minimum atomic E-state index is 0.378. The fourth-order valence-electron chi connectivity index (χ4n) is 2.62. The van der Waals surface area contributed by atoms with Crippen molar-refractivity contribution in [2.24, 2.45) is 5.84 Å². The fraction of sp³-hybridized carbons (Fsp3) is 0.538. The summed E-state index contributed by atoms with van der Waals surface area (Å²) in [5.41, 5.74) is 2.55. The number of hydrogen-bond acceptors (Lipinski definition) is 7. The Morgan fingerprint density at radius 2 is 2.25 bits per heavy atom. The second-order valence-corrected chi connectivity index (χ2v) is 5.69. The first kappa shape index (κ1) is 13.5. The summed E-state index contributed by atoms with van der Waals surface area (Å²) in [5.74, 6) is 6.91. The fourth-order valence-corrected chi connectivity index (χ4v) is 3.37. The molecule has 2 aromatic heterocycles. The minimum absolute atomic E-state index is 0.378. The molecule has 1 saturated heterocycles. The van der Waals surface area contributed by atoms with Crippen LogP contribution in [0.2, 0.25) is 0 Å². The van der Waals surface area contributed by atoms with Gasteiger partial charge in [-0.05, 0) is 31.2 Å². The van der Waals surface area contributed by atoms with Crippen molar-refractivity contribution < 1.29 is 4.74 Å². The van der Waals surface area contributed by atoms with Crippen LogP contribution >= 0.6 is 11.3 Å². The van der Waals surface area contributed by atoms with E-state index in [1.807, 2.05) is 12.3 Å². The molecule has 2 aromatic rings. The second kappa shape index (κ2) is 5.90. The van der Waals surface area contributed by atoms with Gasteiger partial charge in [-0.25, -0.2) is 10.8 Å². The summed E-state index contributed by atoms with van der Waals surface area (Å²) in [7, 11) is 0. The molecule has 0 bridgehead atoms. The summed E-state index contributed by atoms with van der Waals surface area (Å²) < 4.78 is 5.69. The first-order valence-electron chi connectivity index (χ1n) is 6.90. The van der Waals surface area contributed by atoms with Crippen molar-refractivity contribution in [3.63, 3.8) is 0 Å². The standard InChI is InChI=1S/C13H19N5OS/c1-2-19-9-3-6-18(7-4-9)11-10-5-8-20-12(10)16-13(15-11)17-14/h5,8-9H,2-4,6-7,14H2,1H3,(H,15,16,17). The van der Waals surface area contributed by atoms with Gasteiger partial charge in [0, 0.05) is 19.7 Å². The molecule has 3 heterocycles. The van der Waals surface area contributed by atoms with E-state index < -0.39 is 0 Å². The molecule has 0 aliphatic carbocycles. The van der Waals surface area contributed by atoms with Crippen LogP contribution in [-0.2, 0) is 4.74 Å². The van der Waals surface area contributed by atoms with E-state index in [4.69, 9.17) is 10.6 Å². The van der Waals surface area contributed by atoms with Gasteiger partial charge in [-0.2, -0.15) is 4.98 Å². The van der Waals surface area contributed by atoms with Crippen LogP contribution in [0.25, 0.3) is 10.2 Å². The molecule has 0 spiro atoms. The Balaban J connectivity index is 1.85. The molecule has 6 nitrogen and oxygen atoms in total. The molecule has 0 amide bonds. The van der Waals surface area contributed by atoms with E-state index in [0.29, 0.717) is 12.1 Å². The molecule has 108 valence electrons. The third-order valence-corrected chi connectivity index (χ3v) is 4.38. The number of hydrogen-bond donors (Lipinski definition) is 2. The number of hydrazine groups is 1. The number of piperidine rings is 1. The highest BCUT2D eigenvalue weighted by atomic mass is 32.1. The number of thiophene rings is 1. The van der Waals surface area contributed by atoms with Gasteiger partial charge < -0.3 is 9.64 Å². The molecule has 0 atom stereocenters. The summed E-state index contributed by atoms with van der Waals surface area (Å²) in [6, 6.07) is 2.07. The highest BCUT2D eigenvalue weighted by molar-refractivity contribution is 7.16. The lowest BCUT2D eigenvalue weighted by Gasteiger charge is -2.33. The largest absolute Gasteiger partial charge is 0.378 e. The zero-order valence-electron chi connectivity index (χ0n) is 11.5. The number of ether oxygens (including phenoxy) is 1. The Kier molecular flexibility index (Phi) is 4.00. The van der Waals surface area contributed by atoms with E-state index in [9.17, 15) is 0 Å². The maximum absolute atomic E-state index is 5.69. The molecule has 0 saturated carbocycles. The first-order chi connectivity index (χ1) is 9.81. The van der Waals surface area contributed by atoms with E-state index >= 15 is 0 Å². The number of nitrogens with zero attached hydrogens (tertiary/aromatic N) is 3. The molecule has 3 N–H and O–H groups in total. The van der Waals surface area contributed by atoms with Crippen molar-refractivity contribution in [2.45, 2.75) is 25.9 Å². The highest BCUT2D eigenvalue weighted by Gasteiger charge is 2.22. The summed E-state index contributed by atoms with van der Waals surface area (Å²) in [6.45, 7) is 4.74. The Morgan fingerprint density at radius 3 is 2.95 bits per heavy atom. The van der Waals surface area contributed by atoms with Gasteiger partial charge in [0.25, 0.3) is 0 Å². The molecule has 0 radical (unpaired) electrons. The van der Waals surface area contributed by atoms with Crippen LogP contribution in [-0.4, -0.2) is 35.8 Å². The maximum Gasteiger partial charge on any atom is 0.240 e. The molecule has 1 fully saturated rings. The summed E-state index contributed by atoms with van der Waals surface area (Å²) in [4.78, 5) is 12.2. The van der Waals surface area contributed by atoms with Crippen molar-refractivity contribution in [3.05, 3.63) is 11.4 Å². The SMILES string of the molecule is CCOC1CCN(c2nc(NN)nc3sccc23)CC1. The van der Waals surface area contributed by atoms with Gasteiger partial charge in [-0.3, -0.25) is 5.43 Å². The molecule has 20 heavy (non-hydrogen) atoms. The zero-order valence-corrected chi connectivity index (χ0v) is 12.3. The maximum atomic E-state index is 5.69. The molecular weight excluding hydrogens is 274 g/mol. The van der Waals surface area contributed by atoms with Crippen LogP contribution in [0.4, 0.5) is 11.8 Å². The molecule has 1 aliphatic rings. The smallest absolute Gasteiger partial charge is 0.240 e. The Hall–Kier alpha value is -1.44. The summed E-state index contributed by atoms with van der Waals surface area (Å²) >= 11 is 1.61. The molecule has 7 heteroatoms. The van der Waals surface area contributed by atoms with Crippen molar-refractivity contribution >= 4 is 33.3 Å². The topological polar surface area (TPSA) is 76.3 Å². The third-order valence-electron chi connectivity index (χ3n) is 3.58. The van der Waals surface area contributed by atoms with E-state index in [1.54, 1.807) is 11.3 Å². The van der Waals surface area contributed by atoms with E-state index in [1.165, 1.54) is 0 Å². The van der Waals surface area contributed by atoms with Gasteiger partial charge in [0.15, 0.2) is 0 Å². The number of nitrogen functional groups attached to an aromatic ring is 1. The monoisotopic (exact) mass is 293 g/mol. The van der Waals surface area contributed by atoms with Crippen LogP contribution in [0.15, 0.2) is 11.4 Å². The second-order valence-electron chi connectivity index (χ2n) is 4.80. The van der Waals surface area contributed by atoms with Crippen molar-refractivity contribution in [1.29, 1.82) is 0 Å². The zero-order chi connectivity index (χ0) is 13.9. The van der Waals surface area contributed by atoms with Gasteiger partial charge >= 0.3 is 0 Å². The van der Waals surface area contributed by atoms with Crippen LogP contribution in [0.5, 0.6) is 0 Å². The average molecular weight is 293 g/mol. The van der Waals surface area contributed by atoms with Gasteiger partial charge in [0.1, 0.15) is 10.6 Å². The van der Waals surface area contributed by atoms with Crippen molar-refractivity contribution in [1.82, 2.24) is 9.97 Å². The van der Waals surface area contributed by atoms with Crippen LogP contribution < -0.4 is 16.2 Å². The summed E-state index contributed by atoms with van der Waals surface area (Å²) in [6.07, 6.45) is 2.45. The molecule has 0 aromatic carbocycles. The van der Waals surface area contributed by atoms with Crippen LogP contribution in [0.3, 0.4) is 0 Å². The van der Waals surface area contributed by atoms with Crippen LogP contribution in [0, 0.1) is 0 Å². The number of aromatic nitrogens is 2. The number of nitrogens with one attached hydrogen (secondary N) is 1. The normalized spacial score (nSPS) is 16.8. The molecule has 0 unspecified atom stereocenters. The quantitative estimate of drug-likeness (QED) is 0.663. The van der Waals surface area contributed by atoms with Gasteiger partial charge in [-0.1, -0.05) is 0 Å². The van der Waals surface area contributed by atoms with E-state index in [2.05, 4.69) is 26.4 Å². The van der Waals surface area contributed by atoms with Gasteiger partial charge in [-0.15, -0.1) is 11.3 Å². The molecular formula is C13H19N5OS. The first-order valence-corrected chi connectivity index (χ1v) is 7.78.